The number of aryl methyl sites for hydroxylation is 1. The smallest absolute Gasteiger partial charge is 0.316 e. The van der Waals surface area contributed by atoms with Crippen LogP contribution in [0.15, 0.2) is 54.6 Å². The first-order valence-corrected chi connectivity index (χ1v) is 9.06. The van der Waals surface area contributed by atoms with E-state index in [1.165, 1.54) is 5.56 Å². The summed E-state index contributed by atoms with van der Waals surface area (Å²) in [5, 5.41) is 6.40. The summed E-state index contributed by atoms with van der Waals surface area (Å²) < 4.78 is 0. The summed E-state index contributed by atoms with van der Waals surface area (Å²) in [6.45, 7) is 10.4. The van der Waals surface area contributed by atoms with Gasteiger partial charge in [-0.3, -0.25) is 0 Å². The second-order valence-corrected chi connectivity index (χ2v) is 7.13. The van der Waals surface area contributed by atoms with Crippen molar-refractivity contribution in [3.63, 3.8) is 0 Å². The summed E-state index contributed by atoms with van der Waals surface area (Å²) in [5.74, 6) is 0. The molecule has 2 unspecified atom stereocenters. The second kappa shape index (κ2) is 7.73. The lowest BCUT2D eigenvalue weighted by molar-refractivity contribution is 0.211. The molecule has 2 atom stereocenters. The summed E-state index contributed by atoms with van der Waals surface area (Å²) in [5.41, 5.74) is 2.66. The van der Waals surface area contributed by atoms with Crippen molar-refractivity contribution in [1.29, 1.82) is 0 Å². The van der Waals surface area contributed by atoms with Crippen LogP contribution in [0.2, 0.25) is 0 Å². The second-order valence-electron chi connectivity index (χ2n) is 7.13. The third-order valence-electron chi connectivity index (χ3n) is 5.34. The number of nitrogens with one attached hydrogen (secondary N) is 2. The Bertz CT molecular complexity index is 713. The van der Waals surface area contributed by atoms with E-state index in [0.717, 1.165) is 24.0 Å². The molecule has 2 N–H and O–H groups in total. The Morgan fingerprint density at radius 2 is 1.36 bits per heavy atom. The molecule has 2 aromatic rings. The number of benzene rings is 2. The molecule has 0 aliphatic heterocycles. The highest BCUT2D eigenvalue weighted by Crippen LogP contribution is 2.28. The highest BCUT2D eigenvalue weighted by Gasteiger charge is 2.32. The summed E-state index contributed by atoms with van der Waals surface area (Å²) in [4.78, 5) is 12.8. The van der Waals surface area contributed by atoms with Crippen LogP contribution in [0.5, 0.6) is 0 Å². The maximum Gasteiger partial charge on any atom is 0.316 e. The molecule has 2 rings (SSSR count). The summed E-state index contributed by atoms with van der Waals surface area (Å²) in [6.07, 6.45) is 1.64. The van der Waals surface area contributed by atoms with Crippen LogP contribution in [0.4, 0.5) is 4.79 Å². The number of carbonyl (C=O) groups is 1. The van der Waals surface area contributed by atoms with E-state index in [0.29, 0.717) is 0 Å². The van der Waals surface area contributed by atoms with Crippen LogP contribution in [-0.4, -0.2) is 6.03 Å². The minimum atomic E-state index is -0.402. The van der Waals surface area contributed by atoms with Gasteiger partial charge in [-0.15, -0.1) is 0 Å². The Kier molecular flexibility index (Phi) is 5.89. The van der Waals surface area contributed by atoms with Crippen LogP contribution < -0.4 is 10.6 Å². The molecule has 0 saturated carbocycles. The Morgan fingerprint density at radius 3 is 1.92 bits per heavy atom. The predicted molar refractivity (Wildman–Crippen MR) is 105 cm³/mol. The fraction of sp³-hybridized carbons (Fsp3) is 0.409. The lowest BCUT2D eigenvalue weighted by Gasteiger charge is -2.35. The molecule has 2 aromatic carbocycles. The first-order chi connectivity index (χ1) is 11.8. The van der Waals surface area contributed by atoms with Gasteiger partial charge in [0.2, 0.25) is 0 Å². The highest BCUT2D eigenvalue weighted by atomic mass is 16.2. The van der Waals surface area contributed by atoms with Gasteiger partial charge >= 0.3 is 6.03 Å². The minimum absolute atomic E-state index is 0.138. The number of hydrogen-bond acceptors (Lipinski definition) is 1. The molecule has 0 saturated heterocycles. The van der Waals surface area contributed by atoms with Gasteiger partial charge in [0.05, 0.1) is 11.1 Å². The minimum Gasteiger partial charge on any atom is -0.329 e. The molecule has 0 bridgehead atoms. The van der Waals surface area contributed by atoms with E-state index in [9.17, 15) is 4.79 Å². The molecule has 0 aliphatic carbocycles. The van der Waals surface area contributed by atoms with Gasteiger partial charge in [-0.1, -0.05) is 68.4 Å². The van der Waals surface area contributed by atoms with E-state index in [2.05, 4.69) is 69.5 Å². The van der Waals surface area contributed by atoms with Crippen molar-refractivity contribution >= 4 is 6.03 Å². The fourth-order valence-electron chi connectivity index (χ4n) is 3.24. The Morgan fingerprint density at radius 1 is 0.840 bits per heavy atom. The molecule has 0 aromatic heterocycles. The molecule has 0 radical (unpaired) electrons. The first-order valence-electron chi connectivity index (χ1n) is 9.06. The molecule has 3 heteroatoms. The van der Waals surface area contributed by atoms with E-state index in [-0.39, 0.29) is 6.03 Å². The van der Waals surface area contributed by atoms with Crippen LogP contribution in [-0.2, 0) is 11.1 Å². The summed E-state index contributed by atoms with van der Waals surface area (Å²) in [7, 11) is 0. The zero-order chi connectivity index (χ0) is 18.5. The largest absolute Gasteiger partial charge is 0.329 e. The van der Waals surface area contributed by atoms with Crippen molar-refractivity contribution in [2.24, 2.45) is 0 Å². The maximum absolute atomic E-state index is 12.8. The third kappa shape index (κ3) is 4.22. The summed E-state index contributed by atoms with van der Waals surface area (Å²) in [6, 6.07) is 18.2. The highest BCUT2D eigenvalue weighted by molar-refractivity contribution is 5.76. The van der Waals surface area contributed by atoms with Gasteiger partial charge < -0.3 is 10.6 Å². The van der Waals surface area contributed by atoms with Crippen LogP contribution in [0.25, 0.3) is 0 Å². The number of rotatable bonds is 6. The lowest BCUT2D eigenvalue weighted by atomic mass is 9.86. The van der Waals surface area contributed by atoms with Gasteiger partial charge in [-0.25, -0.2) is 4.79 Å². The van der Waals surface area contributed by atoms with Crippen molar-refractivity contribution in [1.82, 2.24) is 10.6 Å². The van der Waals surface area contributed by atoms with Crippen molar-refractivity contribution in [3.05, 3.63) is 71.3 Å². The Hall–Kier alpha value is -2.29. The number of hydrogen-bond donors (Lipinski definition) is 2. The molecule has 2 amide bonds. The molecule has 0 heterocycles. The van der Waals surface area contributed by atoms with E-state index < -0.39 is 11.1 Å². The zero-order valence-electron chi connectivity index (χ0n) is 16.0. The number of amides is 2. The monoisotopic (exact) mass is 338 g/mol. The SMILES string of the molecule is CCC(C)(NC(=O)NC(C)(CC)c1ccccc1C)c1ccccc1. The quantitative estimate of drug-likeness (QED) is 0.742. The normalized spacial score (nSPS) is 15.7. The molecular formula is C22H30N2O. The average Bonchev–Trinajstić information content (AvgIpc) is 2.62. The number of urea groups is 1. The van der Waals surface area contributed by atoms with Crippen molar-refractivity contribution in [2.75, 3.05) is 0 Å². The van der Waals surface area contributed by atoms with Gasteiger partial charge in [0.1, 0.15) is 0 Å². The van der Waals surface area contributed by atoms with Crippen molar-refractivity contribution < 1.29 is 4.79 Å². The Balaban J connectivity index is 2.21. The predicted octanol–water partition coefficient (Wildman–Crippen LogP) is 5.24. The van der Waals surface area contributed by atoms with Crippen LogP contribution in [0.3, 0.4) is 0 Å². The molecule has 0 fully saturated rings. The molecule has 3 nitrogen and oxygen atoms in total. The Labute approximate surface area is 151 Å². The maximum atomic E-state index is 12.8. The van der Waals surface area contributed by atoms with Crippen molar-refractivity contribution in [2.45, 2.75) is 58.5 Å². The van der Waals surface area contributed by atoms with Crippen LogP contribution in [0.1, 0.15) is 57.2 Å². The van der Waals surface area contributed by atoms with Crippen LogP contribution >= 0.6 is 0 Å². The molecule has 0 spiro atoms. The van der Waals surface area contributed by atoms with Crippen LogP contribution in [0, 0.1) is 6.92 Å². The van der Waals surface area contributed by atoms with Gasteiger partial charge in [0.25, 0.3) is 0 Å². The fourth-order valence-corrected chi connectivity index (χ4v) is 3.24. The average molecular weight is 338 g/mol. The van der Waals surface area contributed by atoms with Gasteiger partial charge in [0.15, 0.2) is 0 Å². The molecule has 0 aliphatic rings. The topological polar surface area (TPSA) is 41.1 Å². The first kappa shape index (κ1) is 19.0. The third-order valence-corrected chi connectivity index (χ3v) is 5.34. The number of carbonyl (C=O) groups excluding carboxylic acids is 1. The van der Waals surface area contributed by atoms with E-state index in [1.807, 2.05) is 30.3 Å². The van der Waals surface area contributed by atoms with E-state index in [1.54, 1.807) is 0 Å². The molecular weight excluding hydrogens is 308 g/mol. The van der Waals surface area contributed by atoms with Gasteiger partial charge in [0, 0.05) is 0 Å². The molecule has 134 valence electrons. The van der Waals surface area contributed by atoms with E-state index in [4.69, 9.17) is 0 Å². The zero-order valence-corrected chi connectivity index (χ0v) is 16.0. The van der Waals surface area contributed by atoms with Gasteiger partial charge in [-0.05, 0) is 50.3 Å². The van der Waals surface area contributed by atoms with Gasteiger partial charge in [-0.2, -0.15) is 0 Å². The van der Waals surface area contributed by atoms with Crippen molar-refractivity contribution in [3.8, 4) is 0 Å². The lowest BCUT2D eigenvalue weighted by Crippen LogP contribution is -2.53. The van der Waals surface area contributed by atoms with E-state index >= 15 is 0 Å². The summed E-state index contributed by atoms with van der Waals surface area (Å²) >= 11 is 0. The standard InChI is InChI=1S/C22H30N2O/c1-6-21(4,18-14-9-8-10-15-18)23-20(25)24-22(5,7-2)19-16-12-11-13-17(19)3/h8-16H,6-7H2,1-5H3,(H2,23,24,25). The molecule has 25 heavy (non-hydrogen) atoms.